The Morgan fingerprint density at radius 1 is 1.03 bits per heavy atom. The minimum Gasteiger partial charge on any atom is -0.481 e. The van der Waals surface area contributed by atoms with Crippen molar-refractivity contribution in [2.75, 3.05) is 13.2 Å². The summed E-state index contributed by atoms with van der Waals surface area (Å²) < 4.78 is 5.56. The Morgan fingerprint density at radius 3 is 2.24 bits per heavy atom. The van der Waals surface area contributed by atoms with Gasteiger partial charge in [0.2, 0.25) is 5.91 Å². The number of amides is 2. The molecule has 2 aliphatic rings. The molecule has 1 fully saturated rings. The second-order valence-electron chi connectivity index (χ2n) is 9.09. The Bertz CT molecular complexity index is 1030. The van der Waals surface area contributed by atoms with Crippen molar-refractivity contribution < 1.29 is 24.2 Å². The molecule has 2 amide bonds. The molecule has 0 heterocycles. The van der Waals surface area contributed by atoms with E-state index in [2.05, 4.69) is 41.5 Å². The van der Waals surface area contributed by atoms with E-state index in [0.29, 0.717) is 6.54 Å². The molecule has 0 spiro atoms. The van der Waals surface area contributed by atoms with Crippen molar-refractivity contribution in [2.24, 2.45) is 11.8 Å². The maximum atomic E-state index is 12.6. The fourth-order valence-electron chi connectivity index (χ4n) is 5.00. The van der Waals surface area contributed by atoms with E-state index < -0.39 is 18.1 Å². The highest BCUT2D eigenvalue weighted by molar-refractivity contribution is 5.86. The van der Waals surface area contributed by atoms with Gasteiger partial charge in [-0.2, -0.15) is 0 Å². The lowest BCUT2D eigenvalue weighted by atomic mass is 9.73. The summed E-state index contributed by atoms with van der Waals surface area (Å²) in [5.41, 5.74) is 4.55. The second kappa shape index (κ2) is 10.5. The average Bonchev–Trinajstić information content (AvgIpc) is 3.12. The van der Waals surface area contributed by atoms with Gasteiger partial charge in [0.1, 0.15) is 12.6 Å². The molecule has 0 saturated heterocycles. The third-order valence-electron chi connectivity index (χ3n) is 6.72. The Balaban J connectivity index is 1.28. The number of ether oxygens (including phenoxy) is 1. The van der Waals surface area contributed by atoms with Crippen molar-refractivity contribution in [3.8, 4) is 11.1 Å². The van der Waals surface area contributed by atoms with Crippen molar-refractivity contribution in [3.63, 3.8) is 0 Å². The predicted molar refractivity (Wildman–Crippen MR) is 128 cm³/mol. The number of benzene rings is 2. The van der Waals surface area contributed by atoms with E-state index >= 15 is 0 Å². The van der Waals surface area contributed by atoms with E-state index in [4.69, 9.17) is 9.84 Å². The zero-order chi connectivity index (χ0) is 24.1. The minimum absolute atomic E-state index is 0.0535. The van der Waals surface area contributed by atoms with Crippen molar-refractivity contribution in [1.29, 1.82) is 0 Å². The summed E-state index contributed by atoms with van der Waals surface area (Å²) in [6.45, 7) is 4.32. The Morgan fingerprint density at radius 2 is 1.65 bits per heavy atom. The second-order valence-corrected chi connectivity index (χ2v) is 9.09. The molecule has 7 heteroatoms. The number of rotatable bonds is 10. The van der Waals surface area contributed by atoms with Crippen molar-refractivity contribution in [2.45, 2.75) is 37.6 Å². The number of fused-ring (bicyclic) bond motifs is 3. The molecule has 0 bridgehead atoms. The van der Waals surface area contributed by atoms with Crippen LogP contribution in [0.15, 0.2) is 61.2 Å². The summed E-state index contributed by atoms with van der Waals surface area (Å²) in [4.78, 5) is 36.0. The summed E-state index contributed by atoms with van der Waals surface area (Å²) >= 11 is 0. The van der Waals surface area contributed by atoms with Crippen LogP contribution in [0.2, 0.25) is 0 Å². The third kappa shape index (κ3) is 5.30. The van der Waals surface area contributed by atoms with Gasteiger partial charge in [-0.15, -0.1) is 6.58 Å². The summed E-state index contributed by atoms with van der Waals surface area (Å²) in [7, 11) is 0. The monoisotopic (exact) mass is 462 g/mol. The predicted octanol–water partition coefficient (Wildman–Crippen LogP) is 4.09. The lowest BCUT2D eigenvalue weighted by Gasteiger charge is -2.34. The van der Waals surface area contributed by atoms with Crippen LogP contribution in [0.3, 0.4) is 0 Å². The van der Waals surface area contributed by atoms with Crippen LogP contribution in [0, 0.1) is 11.8 Å². The van der Waals surface area contributed by atoms with Crippen molar-refractivity contribution in [1.82, 2.24) is 10.6 Å². The maximum Gasteiger partial charge on any atom is 0.407 e. The lowest BCUT2D eigenvalue weighted by Crippen LogP contribution is -2.48. The highest BCUT2D eigenvalue weighted by Crippen LogP contribution is 2.44. The molecule has 2 aliphatic carbocycles. The van der Waals surface area contributed by atoms with Crippen LogP contribution < -0.4 is 10.6 Å². The first-order valence-corrected chi connectivity index (χ1v) is 11.7. The van der Waals surface area contributed by atoms with Crippen LogP contribution in [0.4, 0.5) is 4.79 Å². The molecule has 1 saturated carbocycles. The van der Waals surface area contributed by atoms with Gasteiger partial charge in [0, 0.05) is 18.9 Å². The molecule has 1 unspecified atom stereocenters. The van der Waals surface area contributed by atoms with Gasteiger partial charge < -0.3 is 20.5 Å². The van der Waals surface area contributed by atoms with Crippen molar-refractivity contribution in [3.05, 3.63) is 72.3 Å². The largest absolute Gasteiger partial charge is 0.481 e. The Labute approximate surface area is 199 Å². The van der Waals surface area contributed by atoms with Crippen LogP contribution in [-0.4, -0.2) is 42.3 Å². The van der Waals surface area contributed by atoms with Crippen LogP contribution in [0.1, 0.15) is 42.7 Å². The fraction of sp³-hybridized carbons (Fsp3) is 0.370. The number of hydrogen-bond donors (Lipinski definition) is 3. The van der Waals surface area contributed by atoms with E-state index in [0.717, 1.165) is 35.1 Å². The lowest BCUT2D eigenvalue weighted by molar-refractivity contribution is -0.139. The zero-order valence-corrected chi connectivity index (χ0v) is 19.0. The van der Waals surface area contributed by atoms with Crippen LogP contribution in [0.5, 0.6) is 0 Å². The normalized spacial score (nSPS) is 19.2. The fourth-order valence-corrected chi connectivity index (χ4v) is 5.00. The Hall–Kier alpha value is -3.61. The maximum absolute atomic E-state index is 12.6. The number of aliphatic carboxylic acids is 1. The molecule has 178 valence electrons. The van der Waals surface area contributed by atoms with Crippen LogP contribution in [0.25, 0.3) is 11.1 Å². The molecule has 2 aromatic carbocycles. The smallest absolute Gasteiger partial charge is 0.407 e. The van der Waals surface area contributed by atoms with Crippen LogP contribution >= 0.6 is 0 Å². The number of carbonyl (C=O) groups excluding carboxylic acids is 2. The van der Waals surface area contributed by atoms with Gasteiger partial charge in [0.05, 0.1) is 0 Å². The molecule has 7 nitrogen and oxygen atoms in total. The highest BCUT2D eigenvalue weighted by atomic mass is 16.5. The molecule has 34 heavy (non-hydrogen) atoms. The van der Waals surface area contributed by atoms with Crippen molar-refractivity contribution >= 4 is 18.0 Å². The molecule has 0 aliphatic heterocycles. The van der Waals surface area contributed by atoms with Gasteiger partial charge in [-0.25, -0.2) is 4.79 Å². The first-order valence-electron chi connectivity index (χ1n) is 11.7. The minimum atomic E-state index is -0.786. The Kier molecular flexibility index (Phi) is 7.30. The molecule has 0 aromatic heterocycles. The molecule has 3 N–H and O–H groups in total. The van der Waals surface area contributed by atoms with Gasteiger partial charge in [-0.05, 0) is 53.4 Å². The molecular formula is C27H30N2O5. The average molecular weight is 463 g/mol. The summed E-state index contributed by atoms with van der Waals surface area (Å²) in [5.74, 6) is -0.683. The molecule has 2 aromatic rings. The van der Waals surface area contributed by atoms with Gasteiger partial charge >= 0.3 is 12.1 Å². The summed E-state index contributed by atoms with van der Waals surface area (Å²) in [6, 6.07) is 15.4. The highest BCUT2D eigenvalue weighted by Gasteiger charge is 2.32. The number of carboxylic acid groups (broad SMARTS) is 1. The molecule has 4 rings (SSSR count). The molecular weight excluding hydrogens is 432 g/mol. The van der Waals surface area contributed by atoms with Gasteiger partial charge in [0.25, 0.3) is 0 Å². The SMILES string of the molecule is C=CCC(NC(=O)OCC1c2ccccc2-c2ccccc21)C(=O)NCC1CC(CC(=O)O)C1. The third-order valence-corrected chi connectivity index (χ3v) is 6.72. The van der Waals surface area contributed by atoms with Crippen LogP contribution in [-0.2, 0) is 14.3 Å². The van der Waals surface area contributed by atoms with E-state index in [1.54, 1.807) is 6.08 Å². The number of nitrogens with one attached hydrogen (secondary N) is 2. The topological polar surface area (TPSA) is 105 Å². The van der Waals surface area contributed by atoms with E-state index in [-0.39, 0.29) is 43.1 Å². The molecule has 0 radical (unpaired) electrons. The van der Waals surface area contributed by atoms with E-state index in [9.17, 15) is 14.4 Å². The quantitative estimate of drug-likeness (QED) is 0.462. The standard InChI is InChI=1S/C27H30N2O5/c1-2-7-24(26(32)28-15-18-12-17(13-18)14-25(30)31)29-27(33)34-16-23-21-10-5-3-8-19(21)20-9-4-6-11-22(20)23/h2-6,8-11,17-18,23-24H,1,7,12-16H2,(H,28,32)(H,29,33)(H,30,31). The number of carbonyl (C=O) groups is 3. The number of hydrogen-bond acceptors (Lipinski definition) is 4. The molecule has 1 atom stereocenters. The van der Waals surface area contributed by atoms with E-state index in [1.807, 2.05) is 24.3 Å². The first-order chi connectivity index (χ1) is 16.5. The summed E-state index contributed by atoms with van der Waals surface area (Å²) in [6.07, 6.45) is 2.97. The van der Waals surface area contributed by atoms with E-state index in [1.165, 1.54) is 0 Å². The van der Waals surface area contributed by atoms with Gasteiger partial charge in [-0.3, -0.25) is 9.59 Å². The number of carboxylic acids is 1. The first kappa shape index (κ1) is 23.5. The summed E-state index contributed by atoms with van der Waals surface area (Å²) in [5, 5.41) is 14.4. The van der Waals surface area contributed by atoms with Gasteiger partial charge in [0.15, 0.2) is 0 Å². The van der Waals surface area contributed by atoms with Gasteiger partial charge in [-0.1, -0.05) is 54.6 Å². The number of alkyl carbamates (subject to hydrolysis) is 1. The zero-order valence-electron chi connectivity index (χ0n) is 19.0.